The van der Waals surface area contributed by atoms with Gasteiger partial charge in [0.15, 0.2) is 0 Å². The van der Waals surface area contributed by atoms with Crippen molar-refractivity contribution in [2.45, 2.75) is 0 Å². The minimum absolute atomic E-state index is 0.0302. The topological polar surface area (TPSA) is 49.3 Å². The maximum Gasteiger partial charge on any atom is 0.257 e. The summed E-state index contributed by atoms with van der Waals surface area (Å²) in [6, 6.07) is 11.7. The minimum Gasteiger partial charge on any atom is -0.506 e. The summed E-state index contributed by atoms with van der Waals surface area (Å²) in [6.07, 6.45) is 0. The summed E-state index contributed by atoms with van der Waals surface area (Å²) in [6.45, 7) is 0. The Labute approximate surface area is 114 Å². The van der Waals surface area contributed by atoms with Gasteiger partial charge in [-0.05, 0) is 24.3 Å². The molecule has 0 aliphatic rings. The van der Waals surface area contributed by atoms with Crippen LogP contribution >= 0.6 is 23.2 Å². The first-order chi connectivity index (χ1) is 8.59. The molecule has 92 valence electrons. The second kappa shape index (κ2) is 5.29. The molecule has 3 nitrogen and oxygen atoms in total. The lowest BCUT2D eigenvalue weighted by Gasteiger charge is -2.08. The van der Waals surface area contributed by atoms with Gasteiger partial charge in [0.25, 0.3) is 5.91 Å². The highest BCUT2D eigenvalue weighted by molar-refractivity contribution is 6.45. The van der Waals surface area contributed by atoms with Gasteiger partial charge < -0.3 is 10.4 Å². The molecular formula is C13H9Cl2NO2. The van der Waals surface area contributed by atoms with E-state index in [1.807, 2.05) is 6.07 Å². The molecule has 2 N–H and O–H groups in total. The molecule has 0 saturated carbocycles. The Balaban J connectivity index is 2.28. The quantitative estimate of drug-likeness (QED) is 0.876. The van der Waals surface area contributed by atoms with E-state index in [0.29, 0.717) is 5.69 Å². The number of phenols is 1. The number of para-hydroxylation sites is 1. The average molecular weight is 282 g/mol. The van der Waals surface area contributed by atoms with Gasteiger partial charge in [-0.2, -0.15) is 0 Å². The van der Waals surface area contributed by atoms with Crippen LogP contribution in [0.25, 0.3) is 0 Å². The predicted octanol–water partition coefficient (Wildman–Crippen LogP) is 3.95. The fourth-order valence-corrected chi connectivity index (χ4v) is 1.84. The number of rotatable bonds is 2. The smallest absolute Gasteiger partial charge is 0.257 e. The molecule has 18 heavy (non-hydrogen) atoms. The number of nitrogens with one attached hydrogen (secondary N) is 1. The summed E-state index contributed by atoms with van der Waals surface area (Å²) in [4.78, 5) is 12.0. The molecule has 0 aromatic heterocycles. The number of carbonyl (C=O) groups excluding carboxylic acids is 1. The van der Waals surface area contributed by atoms with Crippen molar-refractivity contribution in [3.05, 3.63) is 58.1 Å². The van der Waals surface area contributed by atoms with Gasteiger partial charge in [-0.15, -0.1) is 0 Å². The maximum atomic E-state index is 12.0. The molecule has 0 radical (unpaired) electrons. The molecule has 0 atom stereocenters. The summed E-state index contributed by atoms with van der Waals surface area (Å²) >= 11 is 11.7. The maximum absolute atomic E-state index is 12.0. The lowest BCUT2D eigenvalue weighted by Crippen LogP contribution is -2.12. The largest absolute Gasteiger partial charge is 0.506 e. The Morgan fingerprint density at radius 3 is 2.33 bits per heavy atom. The van der Waals surface area contributed by atoms with Crippen molar-refractivity contribution in [1.29, 1.82) is 0 Å². The average Bonchev–Trinajstić information content (AvgIpc) is 2.37. The van der Waals surface area contributed by atoms with Gasteiger partial charge in [0.2, 0.25) is 0 Å². The lowest BCUT2D eigenvalue weighted by molar-refractivity contribution is 0.102. The highest BCUT2D eigenvalue weighted by Crippen LogP contribution is 2.33. The van der Waals surface area contributed by atoms with E-state index in [1.54, 1.807) is 24.3 Å². The molecule has 5 heteroatoms. The van der Waals surface area contributed by atoms with Gasteiger partial charge in [-0.25, -0.2) is 0 Å². The third-order valence-corrected chi connectivity index (χ3v) is 3.21. The molecule has 0 aliphatic heterocycles. The van der Waals surface area contributed by atoms with E-state index in [2.05, 4.69) is 5.32 Å². The SMILES string of the molecule is O=C(Nc1ccccc1)c1ccc(O)c(Cl)c1Cl. The fourth-order valence-electron chi connectivity index (χ4n) is 1.43. The predicted molar refractivity (Wildman–Crippen MR) is 72.5 cm³/mol. The van der Waals surface area contributed by atoms with Crippen LogP contribution in [0.4, 0.5) is 5.69 Å². The molecular weight excluding hydrogens is 273 g/mol. The van der Waals surface area contributed by atoms with Crippen molar-refractivity contribution in [3.63, 3.8) is 0 Å². The van der Waals surface area contributed by atoms with Gasteiger partial charge in [-0.3, -0.25) is 4.79 Å². The lowest BCUT2D eigenvalue weighted by atomic mass is 10.2. The Morgan fingerprint density at radius 2 is 1.67 bits per heavy atom. The normalized spacial score (nSPS) is 10.1. The summed E-state index contributed by atoms with van der Waals surface area (Å²) in [5.41, 5.74) is 0.867. The summed E-state index contributed by atoms with van der Waals surface area (Å²) in [5.74, 6) is -0.536. The van der Waals surface area contributed by atoms with Crippen molar-refractivity contribution in [3.8, 4) is 5.75 Å². The van der Waals surface area contributed by atoms with E-state index in [4.69, 9.17) is 23.2 Å². The van der Waals surface area contributed by atoms with Crippen LogP contribution in [0, 0.1) is 0 Å². The number of halogens is 2. The first-order valence-electron chi connectivity index (χ1n) is 5.13. The molecule has 0 spiro atoms. The fraction of sp³-hybridized carbons (Fsp3) is 0. The Bertz CT molecular complexity index is 585. The van der Waals surface area contributed by atoms with Crippen LogP contribution in [0.1, 0.15) is 10.4 Å². The molecule has 0 unspecified atom stereocenters. The zero-order valence-corrected chi connectivity index (χ0v) is 10.7. The molecule has 0 saturated heterocycles. The highest BCUT2D eigenvalue weighted by atomic mass is 35.5. The molecule has 1 amide bonds. The van der Waals surface area contributed by atoms with Gasteiger partial charge in [0, 0.05) is 5.69 Å². The number of hydrogen-bond acceptors (Lipinski definition) is 2. The number of phenolic OH excluding ortho intramolecular Hbond substituents is 1. The first kappa shape index (κ1) is 12.7. The molecule has 2 rings (SSSR count). The van der Waals surface area contributed by atoms with Crippen molar-refractivity contribution in [1.82, 2.24) is 0 Å². The van der Waals surface area contributed by atoms with Gasteiger partial charge in [0.05, 0.1) is 10.6 Å². The molecule has 2 aromatic rings. The number of amides is 1. The van der Waals surface area contributed by atoms with Gasteiger partial charge in [0.1, 0.15) is 10.8 Å². The van der Waals surface area contributed by atoms with Crippen LogP contribution in [0.15, 0.2) is 42.5 Å². The number of aromatic hydroxyl groups is 1. The zero-order valence-electron chi connectivity index (χ0n) is 9.15. The van der Waals surface area contributed by atoms with Crippen molar-refractivity contribution in [2.75, 3.05) is 5.32 Å². The third-order valence-electron chi connectivity index (χ3n) is 2.34. The third kappa shape index (κ3) is 2.58. The van der Waals surface area contributed by atoms with Crippen molar-refractivity contribution < 1.29 is 9.90 Å². The molecule has 0 aliphatic carbocycles. The number of anilines is 1. The van der Waals surface area contributed by atoms with E-state index >= 15 is 0 Å². The van der Waals surface area contributed by atoms with E-state index in [1.165, 1.54) is 12.1 Å². The second-order valence-electron chi connectivity index (χ2n) is 3.58. The Kier molecular flexibility index (Phi) is 3.75. The Hall–Kier alpha value is -1.71. The van der Waals surface area contributed by atoms with Crippen molar-refractivity contribution >= 4 is 34.8 Å². The first-order valence-corrected chi connectivity index (χ1v) is 5.88. The molecule has 0 fully saturated rings. The van der Waals surface area contributed by atoms with Crippen LogP contribution in [0.2, 0.25) is 10.0 Å². The monoisotopic (exact) mass is 281 g/mol. The van der Waals surface area contributed by atoms with E-state index in [0.717, 1.165) is 0 Å². The van der Waals surface area contributed by atoms with Crippen molar-refractivity contribution in [2.24, 2.45) is 0 Å². The summed E-state index contributed by atoms with van der Waals surface area (Å²) in [5, 5.41) is 12.0. The van der Waals surface area contributed by atoms with E-state index in [9.17, 15) is 9.90 Å². The molecule has 2 aromatic carbocycles. The van der Waals surface area contributed by atoms with Crippen LogP contribution in [-0.2, 0) is 0 Å². The van der Waals surface area contributed by atoms with Crippen LogP contribution < -0.4 is 5.32 Å². The number of carbonyl (C=O) groups is 1. The second-order valence-corrected chi connectivity index (χ2v) is 4.34. The van der Waals surface area contributed by atoms with Crippen LogP contribution in [0.3, 0.4) is 0 Å². The Morgan fingerprint density at radius 1 is 1.00 bits per heavy atom. The summed E-state index contributed by atoms with van der Waals surface area (Å²) in [7, 11) is 0. The van der Waals surface area contributed by atoms with Gasteiger partial charge >= 0.3 is 0 Å². The zero-order chi connectivity index (χ0) is 13.1. The van der Waals surface area contributed by atoms with E-state index < -0.39 is 0 Å². The number of hydrogen-bond donors (Lipinski definition) is 2. The van der Waals surface area contributed by atoms with Crippen LogP contribution in [0.5, 0.6) is 5.75 Å². The van der Waals surface area contributed by atoms with Gasteiger partial charge in [-0.1, -0.05) is 41.4 Å². The standard InChI is InChI=1S/C13H9Cl2NO2/c14-11-9(6-7-10(17)12(11)15)13(18)16-8-4-2-1-3-5-8/h1-7,17H,(H,16,18). The van der Waals surface area contributed by atoms with Crippen LogP contribution in [-0.4, -0.2) is 11.0 Å². The minimum atomic E-state index is -0.381. The molecule has 0 bridgehead atoms. The molecule has 0 heterocycles. The number of benzene rings is 2. The highest BCUT2D eigenvalue weighted by Gasteiger charge is 2.15. The summed E-state index contributed by atoms with van der Waals surface area (Å²) < 4.78 is 0. The van der Waals surface area contributed by atoms with E-state index in [-0.39, 0.29) is 27.3 Å².